The normalized spacial score (nSPS) is 17.0. The van der Waals surface area contributed by atoms with Gasteiger partial charge in [0.2, 0.25) is 0 Å². The molecule has 142 valence electrons. The molecular weight excluding hydrogens is 340 g/mol. The lowest BCUT2D eigenvalue weighted by Gasteiger charge is -2.25. The number of aliphatic hydroxyl groups excluding tert-OH is 1. The van der Waals surface area contributed by atoms with Crippen LogP contribution in [0.2, 0.25) is 0 Å². The molecule has 0 bridgehead atoms. The quantitative estimate of drug-likeness (QED) is 0.721. The maximum atomic E-state index is 9.60. The molecule has 0 radical (unpaired) electrons. The molecule has 1 N–H and O–H groups in total. The van der Waals surface area contributed by atoms with Crippen LogP contribution in [0.1, 0.15) is 31.1 Å². The summed E-state index contributed by atoms with van der Waals surface area (Å²) in [5.41, 5.74) is 2.15. The fourth-order valence-corrected chi connectivity index (χ4v) is 3.96. The fourth-order valence-electron chi connectivity index (χ4n) is 3.96. The smallest absolute Gasteiger partial charge is 0.134 e. The molecule has 0 saturated carbocycles. The van der Waals surface area contributed by atoms with E-state index in [-0.39, 0.29) is 12.6 Å². The largest absolute Gasteiger partial charge is 0.461 e. The molecule has 0 aliphatic carbocycles. The maximum absolute atomic E-state index is 9.60. The summed E-state index contributed by atoms with van der Waals surface area (Å²) in [6, 6.07) is 10.4. The van der Waals surface area contributed by atoms with Crippen molar-refractivity contribution in [3.05, 3.63) is 48.0 Å². The molecular formula is C21H26N4O2. The molecule has 6 heteroatoms. The van der Waals surface area contributed by atoms with E-state index in [1.165, 1.54) is 5.56 Å². The highest BCUT2D eigenvalue weighted by Gasteiger charge is 2.25. The predicted molar refractivity (Wildman–Crippen MR) is 107 cm³/mol. The summed E-state index contributed by atoms with van der Waals surface area (Å²) in [4.78, 5) is 13.2. The van der Waals surface area contributed by atoms with E-state index in [1.807, 2.05) is 31.3 Å². The van der Waals surface area contributed by atoms with Crippen LogP contribution < -0.4 is 9.80 Å². The number of furan rings is 1. The van der Waals surface area contributed by atoms with Crippen LogP contribution in [0, 0.1) is 0 Å². The molecule has 1 saturated heterocycles. The van der Waals surface area contributed by atoms with Crippen molar-refractivity contribution in [2.75, 3.05) is 30.0 Å². The van der Waals surface area contributed by atoms with Crippen molar-refractivity contribution < 1.29 is 9.52 Å². The first-order valence-electron chi connectivity index (χ1n) is 9.61. The molecule has 3 aromatic rings. The number of benzene rings is 1. The SMILES string of the molecule is CCc1oc2ccccc2c1CN(C)c1cc(N2CCC[C@H]2CO)ncn1. The Balaban J connectivity index is 1.61. The van der Waals surface area contributed by atoms with Crippen LogP contribution >= 0.6 is 0 Å². The van der Waals surface area contributed by atoms with E-state index >= 15 is 0 Å². The number of nitrogens with zero attached hydrogens (tertiary/aromatic N) is 4. The van der Waals surface area contributed by atoms with Gasteiger partial charge in [0, 0.05) is 43.6 Å². The highest BCUT2D eigenvalue weighted by atomic mass is 16.3. The molecule has 1 atom stereocenters. The van der Waals surface area contributed by atoms with Gasteiger partial charge < -0.3 is 19.3 Å². The van der Waals surface area contributed by atoms with Crippen LogP contribution in [0.5, 0.6) is 0 Å². The van der Waals surface area contributed by atoms with E-state index in [2.05, 4.69) is 32.8 Å². The van der Waals surface area contributed by atoms with Crippen LogP contribution in [0.4, 0.5) is 11.6 Å². The second kappa shape index (κ2) is 7.56. The summed E-state index contributed by atoms with van der Waals surface area (Å²) in [6.07, 6.45) is 4.56. The first kappa shape index (κ1) is 17.8. The first-order chi connectivity index (χ1) is 13.2. The molecule has 1 aliphatic rings. The molecule has 27 heavy (non-hydrogen) atoms. The Bertz CT molecular complexity index is 923. The number of aryl methyl sites for hydroxylation is 1. The zero-order valence-electron chi connectivity index (χ0n) is 15.9. The van der Waals surface area contributed by atoms with Gasteiger partial charge in [0.15, 0.2) is 0 Å². The Morgan fingerprint density at radius 2 is 2.15 bits per heavy atom. The summed E-state index contributed by atoms with van der Waals surface area (Å²) in [5.74, 6) is 2.78. The van der Waals surface area contributed by atoms with Crippen LogP contribution in [0.3, 0.4) is 0 Å². The molecule has 1 fully saturated rings. The van der Waals surface area contributed by atoms with Gasteiger partial charge in [-0.25, -0.2) is 9.97 Å². The van der Waals surface area contributed by atoms with Crippen LogP contribution in [-0.4, -0.2) is 41.3 Å². The number of rotatable bonds is 6. The number of aliphatic hydroxyl groups is 1. The van der Waals surface area contributed by atoms with Crippen LogP contribution in [0.15, 0.2) is 41.1 Å². The first-order valence-corrected chi connectivity index (χ1v) is 9.61. The van der Waals surface area contributed by atoms with Crippen LogP contribution in [0.25, 0.3) is 11.0 Å². The van der Waals surface area contributed by atoms with E-state index in [4.69, 9.17) is 4.42 Å². The molecule has 0 spiro atoms. The minimum Gasteiger partial charge on any atom is -0.461 e. The molecule has 0 unspecified atom stereocenters. The predicted octanol–water partition coefficient (Wildman–Crippen LogP) is 3.38. The molecule has 6 nitrogen and oxygen atoms in total. The average Bonchev–Trinajstić information content (AvgIpc) is 3.32. The van der Waals surface area contributed by atoms with Crippen molar-refractivity contribution >= 4 is 22.6 Å². The van der Waals surface area contributed by atoms with Crippen LogP contribution in [-0.2, 0) is 13.0 Å². The lowest BCUT2D eigenvalue weighted by molar-refractivity contribution is 0.266. The molecule has 3 heterocycles. The van der Waals surface area contributed by atoms with Gasteiger partial charge in [-0.15, -0.1) is 0 Å². The molecule has 1 aliphatic heterocycles. The maximum Gasteiger partial charge on any atom is 0.134 e. The van der Waals surface area contributed by atoms with Gasteiger partial charge in [-0.1, -0.05) is 25.1 Å². The van der Waals surface area contributed by atoms with E-state index in [0.29, 0.717) is 0 Å². The Morgan fingerprint density at radius 3 is 2.96 bits per heavy atom. The minimum absolute atomic E-state index is 0.155. The number of fused-ring (bicyclic) bond motifs is 1. The number of anilines is 2. The summed E-state index contributed by atoms with van der Waals surface area (Å²) < 4.78 is 6.02. The Morgan fingerprint density at radius 1 is 1.30 bits per heavy atom. The van der Waals surface area contributed by atoms with Crippen molar-refractivity contribution in [1.82, 2.24) is 9.97 Å². The Hall–Kier alpha value is -2.60. The summed E-state index contributed by atoms with van der Waals surface area (Å²) in [5, 5.41) is 10.8. The second-order valence-electron chi connectivity index (χ2n) is 7.12. The van der Waals surface area contributed by atoms with E-state index < -0.39 is 0 Å². The third-order valence-corrected chi connectivity index (χ3v) is 5.41. The van der Waals surface area contributed by atoms with Gasteiger partial charge in [-0.05, 0) is 18.9 Å². The minimum atomic E-state index is 0.155. The third-order valence-electron chi connectivity index (χ3n) is 5.41. The zero-order chi connectivity index (χ0) is 18.8. The molecule has 0 amide bonds. The van der Waals surface area contributed by atoms with Gasteiger partial charge >= 0.3 is 0 Å². The van der Waals surface area contributed by atoms with Crippen molar-refractivity contribution in [3.8, 4) is 0 Å². The van der Waals surface area contributed by atoms with Gasteiger partial charge in [0.25, 0.3) is 0 Å². The number of para-hydroxylation sites is 1. The number of aromatic nitrogens is 2. The summed E-state index contributed by atoms with van der Waals surface area (Å²) in [6.45, 7) is 3.93. The third kappa shape index (κ3) is 3.37. The van der Waals surface area contributed by atoms with Gasteiger partial charge in [0.05, 0.1) is 12.6 Å². The lowest BCUT2D eigenvalue weighted by atomic mass is 10.1. The van der Waals surface area contributed by atoms with Crippen molar-refractivity contribution in [2.45, 2.75) is 38.8 Å². The standard InChI is InChI=1S/C21H26N4O2/c1-3-18-17(16-8-4-5-9-19(16)27-18)12-24(2)20-11-21(23-14-22-20)25-10-6-7-15(25)13-26/h4-5,8-9,11,14-15,26H,3,6-7,10,12-13H2,1-2H3/t15-/m0/s1. The van der Waals surface area contributed by atoms with E-state index in [1.54, 1.807) is 6.33 Å². The average molecular weight is 366 g/mol. The summed E-state index contributed by atoms with van der Waals surface area (Å²) >= 11 is 0. The fraction of sp³-hybridized carbons (Fsp3) is 0.429. The lowest BCUT2D eigenvalue weighted by Crippen LogP contribution is -2.33. The number of hydrogen-bond donors (Lipinski definition) is 1. The van der Waals surface area contributed by atoms with Gasteiger partial charge in [0.1, 0.15) is 29.3 Å². The van der Waals surface area contributed by atoms with Gasteiger partial charge in [-0.3, -0.25) is 0 Å². The topological polar surface area (TPSA) is 65.6 Å². The van der Waals surface area contributed by atoms with Crippen molar-refractivity contribution in [3.63, 3.8) is 0 Å². The van der Waals surface area contributed by atoms with Crippen molar-refractivity contribution in [1.29, 1.82) is 0 Å². The highest BCUT2D eigenvalue weighted by Crippen LogP contribution is 2.30. The monoisotopic (exact) mass is 366 g/mol. The van der Waals surface area contributed by atoms with E-state index in [9.17, 15) is 5.11 Å². The molecule has 4 rings (SSSR count). The summed E-state index contributed by atoms with van der Waals surface area (Å²) in [7, 11) is 2.04. The van der Waals surface area contributed by atoms with Gasteiger partial charge in [-0.2, -0.15) is 0 Å². The van der Waals surface area contributed by atoms with Crippen molar-refractivity contribution in [2.24, 2.45) is 0 Å². The molecule has 1 aromatic carbocycles. The Kier molecular flexibility index (Phi) is 4.99. The second-order valence-corrected chi connectivity index (χ2v) is 7.12. The van der Waals surface area contributed by atoms with E-state index in [0.717, 1.165) is 60.7 Å². The number of hydrogen-bond acceptors (Lipinski definition) is 6. The Labute approximate surface area is 159 Å². The molecule has 2 aromatic heterocycles. The zero-order valence-corrected chi connectivity index (χ0v) is 15.9. The highest BCUT2D eigenvalue weighted by molar-refractivity contribution is 5.82.